The first-order chi connectivity index (χ1) is 8.18. The van der Waals surface area contributed by atoms with Crippen molar-refractivity contribution in [1.29, 1.82) is 0 Å². The highest BCUT2D eigenvalue weighted by atomic mass is 32.2. The van der Waals surface area contributed by atoms with E-state index in [2.05, 4.69) is 13.8 Å². The summed E-state index contributed by atoms with van der Waals surface area (Å²) in [5.74, 6) is 0.166. The Morgan fingerprint density at radius 3 is 2.71 bits per heavy atom. The summed E-state index contributed by atoms with van der Waals surface area (Å²) in [6.07, 6.45) is 6.65. The van der Waals surface area contributed by atoms with Gasteiger partial charge in [0.15, 0.2) is 5.78 Å². The Morgan fingerprint density at radius 2 is 2.06 bits per heavy atom. The maximum atomic E-state index is 12.3. The summed E-state index contributed by atoms with van der Waals surface area (Å²) in [6, 6.07) is 7.87. The van der Waals surface area contributed by atoms with Crippen molar-refractivity contribution in [3.05, 3.63) is 53.6 Å². The van der Waals surface area contributed by atoms with Crippen LogP contribution in [-0.2, 0) is 0 Å². The summed E-state index contributed by atoms with van der Waals surface area (Å²) >= 11 is 1.74. The van der Waals surface area contributed by atoms with Crippen LogP contribution in [0.3, 0.4) is 0 Å². The van der Waals surface area contributed by atoms with Crippen LogP contribution in [0.2, 0.25) is 0 Å². The van der Waals surface area contributed by atoms with Crippen molar-refractivity contribution in [2.45, 2.75) is 30.4 Å². The minimum absolute atomic E-state index is 0.166. The van der Waals surface area contributed by atoms with Crippen molar-refractivity contribution in [3.63, 3.8) is 0 Å². The lowest BCUT2D eigenvalue weighted by atomic mass is 10.0. The van der Waals surface area contributed by atoms with Gasteiger partial charge in [-0.15, -0.1) is 11.8 Å². The van der Waals surface area contributed by atoms with E-state index >= 15 is 0 Å². The molecule has 0 aliphatic heterocycles. The third-order valence-corrected chi connectivity index (χ3v) is 3.64. The van der Waals surface area contributed by atoms with Crippen molar-refractivity contribution in [2.24, 2.45) is 0 Å². The molecule has 17 heavy (non-hydrogen) atoms. The molecular weight excluding hydrogens is 228 g/mol. The largest absolute Gasteiger partial charge is 0.289 e. The van der Waals surface area contributed by atoms with E-state index < -0.39 is 0 Å². The first-order valence-corrected chi connectivity index (χ1v) is 6.72. The highest BCUT2D eigenvalue weighted by Gasteiger charge is 2.16. The molecule has 2 heteroatoms. The van der Waals surface area contributed by atoms with Gasteiger partial charge in [0, 0.05) is 21.3 Å². The molecule has 0 N–H and O–H groups in total. The van der Waals surface area contributed by atoms with Crippen molar-refractivity contribution in [2.75, 3.05) is 0 Å². The van der Waals surface area contributed by atoms with E-state index in [4.69, 9.17) is 0 Å². The van der Waals surface area contributed by atoms with Crippen LogP contribution in [0.5, 0.6) is 0 Å². The summed E-state index contributed by atoms with van der Waals surface area (Å²) in [5.41, 5.74) is 1.72. The smallest absolute Gasteiger partial charge is 0.190 e. The fourth-order valence-electron chi connectivity index (χ4n) is 1.80. The Balaban J connectivity index is 2.28. The number of hydrogen-bond acceptors (Lipinski definition) is 2. The number of carbonyl (C=O) groups is 1. The van der Waals surface area contributed by atoms with Gasteiger partial charge in [-0.1, -0.05) is 44.2 Å². The van der Waals surface area contributed by atoms with Crippen molar-refractivity contribution >= 4 is 17.5 Å². The third kappa shape index (κ3) is 2.89. The molecule has 0 unspecified atom stereocenters. The van der Waals surface area contributed by atoms with Crippen molar-refractivity contribution < 1.29 is 4.79 Å². The molecule has 1 aliphatic carbocycles. The van der Waals surface area contributed by atoms with Gasteiger partial charge in [-0.25, -0.2) is 0 Å². The lowest BCUT2D eigenvalue weighted by Gasteiger charge is -2.10. The van der Waals surface area contributed by atoms with E-state index in [0.29, 0.717) is 5.25 Å². The second-order valence-corrected chi connectivity index (χ2v) is 5.93. The minimum Gasteiger partial charge on any atom is -0.289 e. The number of thioether (sulfide) groups is 1. The van der Waals surface area contributed by atoms with E-state index in [0.717, 1.165) is 22.5 Å². The molecule has 1 nitrogen and oxygen atoms in total. The summed E-state index contributed by atoms with van der Waals surface area (Å²) < 4.78 is 0. The van der Waals surface area contributed by atoms with Crippen molar-refractivity contribution in [1.82, 2.24) is 0 Å². The van der Waals surface area contributed by atoms with Gasteiger partial charge in [-0.2, -0.15) is 0 Å². The van der Waals surface area contributed by atoms with Gasteiger partial charge in [0.2, 0.25) is 0 Å². The molecule has 0 amide bonds. The summed E-state index contributed by atoms with van der Waals surface area (Å²) in [4.78, 5) is 13.4. The Labute approximate surface area is 107 Å². The van der Waals surface area contributed by atoms with Crippen LogP contribution in [0.1, 0.15) is 30.6 Å². The normalized spacial score (nSPS) is 14.2. The van der Waals surface area contributed by atoms with Gasteiger partial charge in [0.1, 0.15) is 0 Å². The SMILES string of the molecule is CC(C)Sc1ccccc1C(=O)C1=CC=CC1. The lowest BCUT2D eigenvalue weighted by Crippen LogP contribution is -2.04. The van der Waals surface area contributed by atoms with Gasteiger partial charge in [0.05, 0.1) is 0 Å². The van der Waals surface area contributed by atoms with Gasteiger partial charge in [-0.3, -0.25) is 4.79 Å². The fourth-order valence-corrected chi connectivity index (χ4v) is 2.75. The molecule has 0 saturated carbocycles. The van der Waals surface area contributed by atoms with E-state index in [-0.39, 0.29) is 5.78 Å². The zero-order valence-corrected chi connectivity index (χ0v) is 11.0. The van der Waals surface area contributed by atoms with Gasteiger partial charge < -0.3 is 0 Å². The highest BCUT2D eigenvalue weighted by Crippen LogP contribution is 2.29. The number of carbonyl (C=O) groups excluding carboxylic acids is 1. The summed E-state index contributed by atoms with van der Waals surface area (Å²) in [7, 11) is 0. The number of rotatable bonds is 4. The molecule has 2 rings (SSSR count). The fraction of sp³-hybridized carbons (Fsp3) is 0.267. The predicted octanol–water partition coefficient (Wildman–Crippen LogP) is 4.26. The zero-order valence-electron chi connectivity index (χ0n) is 10.1. The van der Waals surface area contributed by atoms with E-state index in [1.54, 1.807) is 11.8 Å². The maximum absolute atomic E-state index is 12.3. The molecule has 0 radical (unpaired) electrons. The summed E-state index contributed by atoms with van der Waals surface area (Å²) in [5, 5.41) is 0.486. The minimum atomic E-state index is 0.166. The lowest BCUT2D eigenvalue weighted by molar-refractivity contribution is 0.103. The molecular formula is C15H16OS. The van der Waals surface area contributed by atoms with Crippen LogP contribution >= 0.6 is 11.8 Å². The van der Waals surface area contributed by atoms with Gasteiger partial charge in [0.25, 0.3) is 0 Å². The van der Waals surface area contributed by atoms with Crippen LogP contribution in [0.15, 0.2) is 53.0 Å². The molecule has 0 spiro atoms. The molecule has 0 bridgehead atoms. The summed E-state index contributed by atoms with van der Waals surface area (Å²) in [6.45, 7) is 4.28. The van der Waals surface area contributed by atoms with Crippen LogP contribution < -0.4 is 0 Å². The van der Waals surface area contributed by atoms with E-state index in [1.165, 1.54) is 0 Å². The number of benzene rings is 1. The number of allylic oxidation sites excluding steroid dienone is 4. The molecule has 0 fully saturated rings. The first-order valence-electron chi connectivity index (χ1n) is 5.84. The molecule has 0 atom stereocenters. The predicted molar refractivity (Wildman–Crippen MR) is 73.6 cm³/mol. The van der Waals surface area contributed by atoms with Crippen molar-refractivity contribution in [3.8, 4) is 0 Å². The molecule has 1 aliphatic rings. The van der Waals surface area contributed by atoms with Gasteiger partial charge >= 0.3 is 0 Å². The molecule has 0 heterocycles. The topological polar surface area (TPSA) is 17.1 Å². The van der Waals surface area contributed by atoms with Crippen LogP contribution in [0, 0.1) is 0 Å². The highest BCUT2D eigenvalue weighted by molar-refractivity contribution is 8.00. The standard InChI is InChI=1S/C15H16OS/c1-11(2)17-14-10-6-5-9-13(14)15(16)12-7-3-4-8-12/h3-7,9-11H,8H2,1-2H3. The molecule has 0 aromatic heterocycles. The Kier molecular flexibility index (Phi) is 3.85. The third-order valence-electron chi connectivity index (χ3n) is 2.56. The molecule has 0 saturated heterocycles. The Hall–Kier alpha value is -1.28. The quantitative estimate of drug-likeness (QED) is 0.581. The van der Waals surface area contributed by atoms with Crippen LogP contribution in [-0.4, -0.2) is 11.0 Å². The second-order valence-electron chi connectivity index (χ2n) is 4.32. The van der Waals surface area contributed by atoms with Crippen LogP contribution in [0.4, 0.5) is 0 Å². The van der Waals surface area contributed by atoms with Gasteiger partial charge in [-0.05, 0) is 18.6 Å². The molecule has 1 aromatic rings. The Bertz CT molecular complexity index is 483. The Morgan fingerprint density at radius 1 is 1.29 bits per heavy atom. The number of hydrogen-bond donors (Lipinski definition) is 0. The maximum Gasteiger partial charge on any atom is 0.190 e. The number of Topliss-reactive ketones (excluding diaryl/α,β-unsaturated/α-hetero) is 1. The molecule has 1 aromatic carbocycles. The average Bonchev–Trinajstić information content (AvgIpc) is 2.81. The molecule has 88 valence electrons. The monoisotopic (exact) mass is 244 g/mol. The number of ketones is 1. The van der Waals surface area contributed by atoms with E-state index in [9.17, 15) is 4.79 Å². The van der Waals surface area contributed by atoms with E-state index in [1.807, 2.05) is 42.5 Å². The van der Waals surface area contributed by atoms with Crippen LogP contribution in [0.25, 0.3) is 0 Å². The zero-order chi connectivity index (χ0) is 12.3. The first kappa shape index (κ1) is 12.2. The average molecular weight is 244 g/mol. The second kappa shape index (κ2) is 5.37.